The molecule has 1 aliphatic rings. The van der Waals surface area contributed by atoms with E-state index in [0.29, 0.717) is 23.3 Å². The lowest BCUT2D eigenvalue weighted by Gasteiger charge is -2.21. The molecule has 3 aromatic rings. The Labute approximate surface area is 192 Å². The Morgan fingerprint density at radius 3 is 2.55 bits per heavy atom. The largest absolute Gasteiger partial charge is 0.489 e. The number of hydrogen-bond donors (Lipinski definition) is 1. The minimum atomic E-state index is -3.11. The average molecular weight is 471 g/mol. The van der Waals surface area contributed by atoms with E-state index in [1.807, 2.05) is 48.5 Å². The van der Waals surface area contributed by atoms with Crippen LogP contribution in [0, 0.1) is 0 Å². The third kappa shape index (κ3) is 5.36. The molecule has 1 N–H and O–H groups in total. The van der Waals surface area contributed by atoms with Crippen LogP contribution in [0.5, 0.6) is 5.75 Å². The predicted molar refractivity (Wildman–Crippen MR) is 124 cm³/mol. The van der Waals surface area contributed by atoms with Gasteiger partial charge in [-0.1, -0.05) is 36.4 Å². The van der Waals surface area contributed by atoms with Crippen molar-refractivity contribution in [3.63, 3.8) is 0 Å². The van der Waals surface area contributed by atoms with Crippen LogP contribution in [0.25, 0.3) is 11.0 Å². The molecule has 0 spiro atoms. The Bertz CT molecular complexity index is 1250. The summed E-state index contributed by atoms with van der Waals surface area (Å²) >= 11 is 0. The predicted octanol–water partition coefficient (Wildman–Crippen LogP) is 2.78. The molecule has 33 heavy (non-hydrogen) atoms. The third-order valence-corrected chi connectivity index (χ3v) is 7.39. The molecule has 2 amide bonds. The number of amides is 2. The molecule has 1 aliphatic heterocycles. The molecule has 0 radical (unpaired) electrons. The van der Waals surface area contributed by atoms with Gasteiger partial charge in [0.2, 0.25) is 5.91 Å². The molecule has 1 unspecified atom stereocenters. The zero-order valence-electron chi connectivity index (χ0n) is 18.3. The van der Waals surface area contributed by atoms with E-state index in [2.05, 4.69) is 5.32 Å². The van der Waals surface area contributed by atoms with E-state index in [1.165, 1.54) is 4.90 Å². The number of sulfone groups is 1. The molecule has 174 valence electrons. The van der Waals surface area contributed by atoms with Gasteiger partial charge in [-0.3, -0.25) is 9.59 Å². The molecule has 1 saturated heterocycles. The number of nitrogens with zero attached hydrogens (tertiary/aromatic N) is 1. The molecule has 8 nitrogen and oxygen atoms in total. The molecule has 9 heteroatoms. The summed E-state index contributed by atoms with van der Waals surface area (Å²) in [6, 6.07) is 16.2. The summed E-state index contributed by atoms with van der Waals surface area (Å²) in [7, 11) is -3.11. The zero-order valence-corrected chi connectivity index (χ0v) is 19.1. The van der Waals surface area contributed by atoms with Crippen LogP contribution in [0.2, 0.25) is 0 Å². The number of rotatable bonds is 8. The van der Waals surface area contributed by atoms with E-state index in [4.69, 9.17) is 9.15 Å². The number of furan rings is 1. The number of ether oxygens (including phenoxy) is 1. The van der Waals surface area contributed by atoms with Gasteiger partial charge in [0.25, 0.3) is 5.91 Å². The number of nitrogens with one attached hydrogen (secondary N) is 1. The normalized spacial score (nSPS) is 17.1. The summed E-state index contributed by atoms with van der Waals surface area (Å²) in [5.74, 6) is -0.0220. The summed E-state index contributed by atoms with van der Waals surface area (Å²) in [6.07, 6.45) is 0.388. The molecule has 0 aliphatic carbocycles. The van der Waals surface area contributed by atoms with Crippen molar-refractivity contribution in [2.75, 3.05) is 24.6 Å². The number of carbonyl (C=O) groups is 2. The molecule has 1 atom stereocenters. The van der Waals surface area contributed by atoms with Crippen LogP contribution in [-0.2, 0) is 21.2 Å². The van der Waals surface area contributed by atoms with E-state index in [9.17, 15) is 18.0 Å². The smallest absolute Gasteiger partial charge is 0.290 e. The van der Waals surface area contributed by atoms with Gasteiger partial charge in [-0.05, 0) is 31.5 Å². The summed E-state index contributed by atoms with van der Waals surface area (Å²) in [6.45, 7) is 1.99. The number of likely N-dealkylation sites (N-methyl/N-ethyl adjacent to an activating group) is 1. The minimum Gasteiger partial charge on any atom is -0.489 e. The van der Waals surface area contributed by atoms with Crippen molar-refractivity contribution in [3.8, 4) is 5.75 Å². The third-order valence-electron chi connectivity index (χ3n) is 5.62. The Hall–Kier alpha value is -3.33. The fourth-order valence-electron chi connectivity index (χ4n) is 3.91. The zero-order chi connectivity index (χ0) is 23.4. The molecule has 0 bridgehead atoms. The van der Waals surface area contributed by atoms with Crippen LogP contribution < -0.4 is 10.1 Å². The first-order valence-corrected chi connectivity index (χ1v) is 12.7. The Morgan fingerprint density at radius 1 is 1.12 bits per heavy atom. The second-order valence-electron chi connectivity index (χ2n) is 7.99. The number of para-hydroxylation sites is 2. The highest BCUT2D eigenvalue weighted by molar-refractivity contribution is 7.91. The Balaban J connectivity index is 1.52. The lowest BCUT2D eigenvalue weighted by molar-refractivity contribution is -0.122. The van der Waals surface area contributed by atoms with Crippen molar-refractivity contribution >= 4 is 32.6 Å². The topological polar surface area (TPSA) is 106 Å². The quantitative estimate of drug-likeness (QED) is 0.543. The van der Waals surface area contributed by atoms with Crippen molar-refractivity contribution in [2.24, 2.45) is 0 Å². The molecular weight excluding hydrogens is 444 g/mol. The monoisotopic (exact) mass is 470 g/mol. The maximum Gasteiger partial charge on any atom is 0.290 e. The van der Waals surface area contributed by atoms with Gasteiger partial charge in [0, 0.05) is 23.5 Å². The average Bonchev–Trinajstić information content (AvgIpc) is 3.35. The molecule has 1 fully saturated rings. The first-order valence-electron chi connectivity index (χ1n) is 10.8. The second kappa shape index (κ2) is 9.66. The Morgan fingerprint density at radius 2 is 1.85 bits per heavy atom. The fourth-order valence-corrected chi connectivity index (χ4v) is 5.59. The fraction of sp³-hybridized carbons (Fsp3) is 0.333. The number of benzene rings is 2. The standard InChI is InChI=1S/C24H26N2O6S/c1-2-26(14-22(27)25-17-12-13-33(29,30)16-17)24(28)23-20(15-31-18-8-4-3-5-9-18)19-10-6-7-11-21(19)32-23/h3-11,17H,2,12-16H2,1H3,(H,25,27). The highest BCUT2D eigenvalue weighted by Gasteiger charge is 2.30. The van der Waals surface area contributed by atoms with E-state index in [1.54, 1.807) is 13.0 Å². The van der Waals surface area contributed by atoms with Crippen molar-refractivity contribution in [1.82, 2.24) is 10.2 Å². The van der Waals surface area contributed by atoms with Gasteiger partial charge in [0.15, 0.2) is 15.6 Å². The van der Waals surface area contributed by atoms with Crippen molar-refractivity contribution in [3.05, 3.63) is 65.9 Å². The molecular formula is C24H26N2O6S. The molecule has 1 aromatic heterocycles. The van der Waals surface area contributed by atoms with Crippen LogP contribution in [0.4, 0.5) is 0 Å². The second-order valence-corrected chi connectivity index (χ2v) is 10.2. The van der Waals surface area contributed by atoms with Gasteiger partial charge in [0.05, 0.1) is 18.1 Å². The highest BCUT2D eigenvalue weighted by atomic mass is 32.2. The van der Waals surface area contributed by atoms with Gasteiger partial charge in [-0.2, -0.15) is 0 Å². The minimum absolute atomic E-state index is 0.0661. The van der Waals surface area contributed by atoms with Crippen LogP contribution >= 0.6 is 0 Å². The highest BCUT2D eigenvalue weighted by Crippen LogP contribution is 2.28. The SMILES string of the molecule is CCN(CC(=O)NC1CCS(=O)(=O)C1)C(=O)c1oc2ccccc2c1COc1ccccc1. The van der Waals surface area contributed by atoms with E-state index in [0.717, 1.165) is 5.39 Å². The van der Waals surface area contributed by atoms with Gasteiger partial charge in [-0.15, -0.1) is 0 Å². The number of hydrogen-bond acceptors (Lipinski definition) is 6. The lowest BCUT2D eigenvalue weighted by atomic mass is 10.1. The lowest BCUT2D eigenvalue weighted by Crippen LogP contribution is -2.44. The van der Waals surface area contributed by atoms with Crippen molar-refractivity contribution in [2.45, 2.75) is 26.0 Å². The summed E-state index contributed by atoms with van der Waals surface area (Å²) in [5.41, 5.74) is 1.17. The van der Waals surface area contributed by atoms with E-state index in [-0.39, 0.29) is 37.0 Å². The van der Waals surface area contributed by atoms with Crippen LogP contribution in [0.3, 0.4) is 0 Å². The molecule has 4 rings (SSSR count). The van der Waals surface area contributed by atoms with Gasteiger partial charge >= 0.3 is 0 Å². The maximum atomic E-state index is 13.4. The van der Waals surface area contributed by atoms with Gasteiger partial charge < -0.3 is 19.4 Å². The Kier molecular flexibility index (Phi) is 6.69. The first-order chi connectivity index (χ1) is 15.9. The van der Waals surface area contributed by atoms with Gasteiger partial charge in [-0.25, -0.2) is 8.42 Å². The van der Waals surface area contributed by atoms with E-state index >= 15 is 0 Å². The maximum absolute atomic E-state index is 13.4. The molecule has 2 aromatic carbocycles. The van der Waals surface area contributed by atoms with Crippen LogP contribution in [0.1, 0.15) is 29.5 Å². The summed E-state index contributed by atoms with van der Waals surface area (Å²) < 4.78 is 35.1. The number of fused-ring (bicyclic) bond motifs is 1. The van der Waals surface area contributed by atoms with Crippen LogP contribution in [-0.4, -0.2) is 55.8 Å². The van der Waals surface area contributed by atoms with Gasteiger partial charge in [0.1, 0.15) is 17.9 Å². The first kappa shape index (κ1) is 22.8. The molecule has 0 saturated carbocycles. The van der Waals surface area contributed by atoms with Crippen molar-refractivity contribution < 1.29 is 27.2 Å². The number of carbonyl (C=O) groups excluding carboxylic acids is 2. The summed E-state index contributed by atoms with van der Waals surface area (Å²) in [4.78, 5) is 27.3. The van der Waals surface area contributed by atoms with Crippen LogP contribution in [0.15, 0.2) is 59.0 Å². The molecule has 2 heterocycles. The van der Waals surface area contributed by atoms with Crippen molar-refractivity contribution in [1.29, 1.82) is 0 Å². The van der Waals surface area contributed by atoms with E-state index < -0.39 is 27.7 Å². The summed E-state index contributed by atoms with van der Waals surface area (Å²) in [5, 5.41) is 3.50.